The van der Waals surface area contributed by atoms with Crippen molar-refractivity contribution in [2.75, 3.05) is 5.32 Å². The summed E-state index contributed by atoms with van der Waals surface area (Å²) in [6.45, 7) is 1.63. The Morgan fingerprint density at radius 2 is 2.00 bits per heavy atom. The Hall–Kier alpha value is -2.75. The zero-order valence-electron chi connectivity index (χ0n) is 11.4. The van der Waals surface area contributed by atoms with Gasteiger partial charge in [-0.15, -0.1) is 0 Å². The molecule has 0 aliphatic carbocycles. The molecule has 2 aromatic carbocycles. The average Bonchev–Trinajstić information content (AvgIpc) is 2.50. The second-order valence-corrected chi connectivity index (χ2v) is 4.79. The molecule has 0 saturated heterocycles. The Labute approximate surface area is 121 Å². The van der Waals surface area contributed by atoms with E-state index >= 15 is 0 Å². The molecule has 1 amide bonds. The van der Waals surface area contributed by atoms with Gasteiger partial charge in [-0.25, -0.2) is 4.39 Å². The summed E-state index contributed by atoms with van der Waals surface area (Å²) < 4.78 is 13.3. The number of fused-ring (bicyclic) bond motifs is 1. The lowest BCUT2D eigenvalue weighted by Crippen LogP contribution is -2.12. The fourth-order valence-corrected chi connectivity index (χ4v) is 2.19. The molecular formula is C17H13FN2O. The van der Waals surface area contributed by atoms with E-state index in [1.165, 1.54) is 18.2 Å². The average molecular weight is 280 g/mol. The highest BCUT2D eigenvalue weighted by Gasteiger charge is 2.10. The minimum atomic E-state index is -0.319. The molecule has 0 aliphatic heterocycles. The lowest BCUT2D eigenvalue weighted by molar-refractivity contribution is 0.102. The quantitative estimate of drug-likeness (QED) is 0.772. The number of aryl methyl sites for hydroxylation is 1. The maximum Gasteiger partial charge on any atom is 0.255 e. The number of halogens is 1. The first-order valence-corrected chi connectivity index (χ1v) is 6.56. The fourth-order valence-electron chi connectivity index (χ4n) is 2.19. The number of hydrogen-bond acceptors (Lipinski definition) is 2. The minimum absolute atomic E-state index is 0.269. The molecule has 0 spiro atoms. The molecule has 3 rings (SSSR count). The summed E-state index contributed by atoms with van der Waals surface area (Å²) >= 11 is 0. The van der Waals surface area contributed by atoms with Gasteiger partial charge in [-0.1, -0.05) is 6.07 Å². The van der Waals surface area contributed by atoms with E-state index < -0.39 is 0 Å². The monoisotopic (exact) mass is 280 g/mol. The third kappa shape index (κ3) is 2.60. The molecule has 0 aliphatic rings. The summed E-state index contributed by atoms with van der Waals surface area (Å²) in [7, 11) is 0. The van der Waals surface area contributed by atoms with E-state index in [1.807, 2.05) is 30.3 Å². The van der Waals surface area contributed by atoms with E-state index in [1.54, 1.807) is 13.1 Å². The van der Waals surface area contributed by atoms with Gasteiger partial charge < -0.3 is 5.32 Å². The topological polar surface area (TPSA) is 42.0 Å². The summed E-state index contributed by atoms with van der Waals surface area (Å²) in [5.41, 5.74) is 2.37. The van der Waals surface area contributed by atoms with E-state index in [4.69, 9.17) is 0 Å². The molecule has 3 aromatic rings. The van der Waals surface area contributed by atoms with Crippen LogP contribution in [0.3, 0.4) is 0 Å². The number of nitrogens with zero attached hydrogens (tertiary/aromatic N) is 1. The molecule has 1 N–H and O–H groups in total. The standard InChI is InChI=1S/C17H13FN2O/c1-11-10-12(7-8-14(11)18)17(21)20-16-6-2-5-15-13(16)4-3-9-19-15/h2-10H,1H3,(H,20,21). The molecule has 0 fully saturated rings. The van der Waals surface area contributed by atoms with Gasteiger partial charge >= 0.3 is 0 Å². The number of pyridine rings is 1. The highest BCUT2D eigenvalue weighted by Crippen LogP contribution is 2.22. The van der Waals surface area contributed by atoms with E-state index in [0.717, 1.165) is 10.9 Å². The summed E-state index contributed by atoms with van der Waals surface area (Å²) in [5, 5.41) is 3.71. The van der Waals surface area contributed by atoms with Crippen LogP contribution in [0.15, 0.2) is 54.7 Å². The van der Waals surface area contributed by atoms with Gasteiger partial charge in [0.15, 0.2) is 0 Å². The molecule has 104 valence electrons. The van der Waals surface area contributed by atoms with Crippen molar-refractivity contribution in [2.45, 2.75) is 6.92 Å². The second-order valence-electron chi connectivity index (χ2n) is 4.79. The summed E-state index contributed by atoms with van der Waals surface area (Å²) in [4.78, 5) is 16.5. The van der Waals surface area contributed by atoms with E-state index in [0.29, 0.717) is 16.8 Å². The number of carbonyl (C=O) groups excluding carboxylic acids is 1. The first-order chi connectivity index (χ1) is 10.1. The van der Waals surface area contributed by atoms with E-state index in [9.17, 15) is 9.18 Å². The molecule has 1 aromatic heterocycles. The third-order valence-corrected chi connectivity index (χ3v) is 3.31. The number of anilines is 1. The van der Waals surface area contributed by atoms with Gasteiger partial charge in [-0.05, 0) is 55.0 Å². The Morgan fingerprint density at radius 3 is 2.81 bits per heavy atom. The van der Waals surface area contributed by atoms with E-state index in [2.05, 4.69) is 10.3 Å². The van der Waals surface area contributed by atoms with Gasteiger partial charge in [0.05, 0.1) is 11.2 Å². The third-order valence-electron chi connectivity index (χ3n) is 3.31. The molecule has 0 atom stereocenters. The van der Waals surface area contributed by atoms with Crippen LogP contribution < -0.4 is 5.32 Å². The number of carbonyl (C=O) groups is 1. The molecule has 4 heteroatoms. The van der Waals surface area contributed by atoms with Crippen LogP contribution in [0.4, 0.5) is 10.1 Å². The number of rotatable bonds is 2. The van der Waals surface area contributed by atoms with Crippen LogP contribution in [0.5, 0.6) is 0 Å². The lowest BCUT2D eigenvalue weighted by atomic mass is 10.1. The molecular weight excluding hydrogens is 267 g/mol. The number of nitrogens with one attached hydrogen (secondary N) is 1. The number of benzene rings is 2. The largest absolute Gasteiger partial charge is 0.321 e. The van der Waals surface area contributed by atoms with E-state index in [-0.39, 0.29) is 11.7 Å². The maximum atomic E-state index is 13.3. The lowest BCUT2D eigenvalue weighted by Gasteiger charge is -2.09. The van der Waals surface area contributed by atoms with Crippen LogP contribution in [0.2, 0.25) is 0 Å². The SMILES string of the molecule is Cc1cc(C(=O)Nc2cccc3ncccc23)ccc1F. The molecule has 0 saturated carbocycles. The summed E-state index contributed by atoms with van der Waals surface area (Å²) in [5.74, 6) is -0.588. The van der Waals surface area contributed by atoms with Gasteiger partial charge in [0, 0.05) is 17.1 Å². The first-order valence-electron chi connectivity index (χ1n) is 6.56. The zero-order chi connectivity index (χ0) is 14.8. The van der Waals surface area contributed by atoms with Crippen LogP contribution in [0, 0.1) is 12.7 Å². The predicted octanol–water partition coefficient (Wildman–Crippen LogP) is 3.93. The number of aromatic nitrogens is 1. The van der Waals surface area contributed by atoms with Gasteiger partial charge in [-0.3, -0.25) is 9.78 Å². The van der Waals surface area contributed by atoms with Crippen LogP contribution in [-0.4, -0.2) is 10.9 Å². The van der Waals surface area contributed by atoms with Crippen molar-refractivity contribution in [1.29, 1.82) is 0 Å². The van der Waals surface area contributed by atoms with Crippen molar-refractivity contribution in [2.24, 2.45) is 0 Å². The van der Waals surface area contributed by atoms with Gasteiger partial charge in [0.25, 0.3) is 5.91 Å². The summed E-state index contributed by atoms with van der Waals surface area (Å²) in [6, 6.07) is 13.6. The van der Waals surface area contributed by atoms with Crippen LogP contribution in [0.25, 0.3) is 10.9 Å². The van der Waals surface area contributed by atoms with Gasteiger partial charge in [-0.2, -0.15) is 0 Å². The smallest absolute Gasteiger partial charge is 0.255 e. The fraction of sp³-hybridized carbons (Fsp3) is 0.0588. The van der Waals surface area contributed by atoms with Crippen LogP contribution in [0.1, 0.15) is 15.9 Å². The van der Waals surface area contributed by atoms with Crippen molar-refractivity contribution in [3.8, 4) is 0 Å². The Kier molecular flexibility index (Phi) is 3.36. The van der Waals surface area contributed by atoms with Crippen molar-refractivity contribution < 1.29 is 9.18 Å². The Bertz CT molecular complexity index is 825. The second kappa shape index (κ2) is 5.32. The molecule has 3 nitrogen and oxygen atoms in total. The maximum absolute atomic E-state index is 13.3. The number of amides is 1. The van der Waals surface area contributed by atoms with Crippen LogP contribution in [-0.2, 0) is 0 Å². The zero-order valence-corrected chi connectivity index (χ0v) is 11.4. The first kappa shape index (κ1) is 13.2. The normalized spacial score (nSPS) is 10.6. The summed E-state index contributed by atoms with van der Waals surface area (Å²) in [6.07, 6.45) is 1.71. The van der Waals surface area contributed by atoms with Crippen molar-refractivity contribution in [1.82, 2.24) is 4.98 Å². The highest BCUT2D eigenvalue weighted by molar-refractivity contribution is 6.08. The molecule has 0 radical (unpaired) electrons. The predicted molar refractivity (Wildman–Crippen MR) is 80.8 cm³/mol. The molecule has 1 heterocycles. The number of hydrogen-bond donors (Lipinski definition) is 1. The Morgan fingerprint density at radius 1 is 1.14 bits per heavy atom. The highest BCUT2D eigenvalue weighted by atomic mass is 19.1. The van der Waals surface area contributed by atoms with Crippen molar-refractivity contribution in [3.63, 3.8) is 0 Å². The van der Waals surface area contributed by atoms with Crippen molar-refractivity contribution in [3.05, 3.63) is 71.7 Å². The molecule has 0 bridgehead atoms. The Balaban J connectivity index is 1.94. The molecule has 21 heavy (non-hydrogen) atoms. The van der Waals surface area contributed by atoms with Gasteiger partial charge in [0.1, 0.15) is 5.82 Å². The minimum Gasteiger partial charge on any atom is -0.321 e. The van der Waals surface area contributed by atoms with Crippen molar-refractivity contribution >= 4 is 22.5 Å². The van der Waals surface area contributed by atoms with Crippen LogP contribution >= 0.6 is 0 Å². The molecule has 0 unspecified atom stereocenters. The van der Waals surface area contributed by atoms with Gasteiger partial charge in [0.2, 0.25) is 0 Å².